The van der Waals surface area contributed by atoms with Crippen LogP contribution in [-0.4, -0.2) is 48.7 Å². The van der Waals surface area contributed by atoms with E-state index in [0.717, 1.165) is 0 Å². The van der Waals surface area contributed by atoms with Crippen molar-refractivity contribution in [1.29, 1.82) is 0 Å². The van der Waals surface area contributed by atoms with Gasteiger partial charge < -0.3 is 19.9 Å². The van der Waals surface area contributed by atoms with Crippen molar-refractivity contribution >= 4 is 23.4 Å². The highest BCUT2D eigenvalue weighted by Crippen LogP contribution is 2.32. The standard InChI is InChI=1S/C16H13N5O5/c22-12-9-3-1-2-4-10(9)13(23)14-11(12)15(21(25)26-14)18-19-16(24)20-7-5-17-6-8-20/h1-4,17H,5-8H2. The van der Waals surface area contributed by atoms with E-state index < -0.39 is 29.2 Å². The zero-order chi connectivity index (χ0) is 18.3. The molecule has 26 heavy (non-hydrogen) atoms. The second-order valence-electron chi connectivity index (χ2n) is 5.80. The Morgan fingerprint density at radius 1 is 1.15 bits per heavy atom. The summed E-state index contributed by atoms with van der Waals surface area (Å²) in [5, 5.41) is 22.2. The van der Waals surface area contributed by atoms with Crippen LogP contribution in [0, 0.1) is 5.21 Å². The molecule has 0 radical (unpaired) electrons. The number of aromatic nitrogens is 1. The van der Waals surface area contributed by atoms with E-state index in [1.54, 1.807) is 12.1 Å². The number of azo groups is 1. The molecule has 0 saturated carbocycles. The first-order chi connectivity index (χ1) is 12.6. The molecule has 1 aliphatic carbocycles. The molecule has 1 aromatic carbocycles. The topological polar surface area (TPSA) is 131 Å². The van der Waals surface area contributed by atoms with E-state index in [9.17, 15) is 19.6 Å². The lowest BCUT2D eigenvalue weighted by Gasteiger charge is -2.24. The number of rotatable bonds is 1. The van der Waals surface area contributed by atoms with E-state index in [1.807, 2.05) is 0 Å². The summed E-state index contributed by atoms with van der Waals surface area (Å²) in [6.07, 6.45) is 0. The van der Waals surface area contributed by atoms with Gasteiger partial charge >= 0.3 is 11.8 Å². The van der Waals surface area contributed by atoms with Crippen LogP contribution in [0.15, 0.2) is 39.0 Å². The summed E-state index contributed by atoms with van der Waals surface area (Å²) in [6.45, 7) is 2.19. The van der Waals surface area contributed by atoms with E-state index in [0.29, 0.717) is 26.2 Å². The monoisotopic (exact) mass is 355 g/mol. The third kappa shape index (κ3) is 2.47. The van der Waals surface area contributed by atoms with Crippen molar-refractivity contribution in [2.75, 3.05) is 26.2 Å². The highest BCUT2D eigenvalue weighted by atomic mass is 16.7. The Morgan fingerprint density at radius 2 is 1.81 bits per heavy atom. The van der Waals surface area contributed by atoms with Crippen molar-refractivity contribution in [2.24, 2.45) is 10.2 Å². The number of carbonyl (C=O) groups is 3. The molecule has 0 unspecified atom stereocenters. The maximum Gasteiger partial charge on any atom is 0.402 e. The number of nitrogens with one attached hydrogen (secondary N) is 1. The van der Waals surface area contributed by atoms with Gasteiger partial charge in [-0.2, -0.15) is 0 Å². The maximum absolute atomic E-state index is 12.7. The average Bonchev–Trinajstić information content (AvgIpc) is 3.01. The molecule has 2 heterocycles. The largest absolute Gasteiger partial charge is 0.435 e. The molecule has 1 saturated heterocycles. The van der Waals surface area contributed by atoms with Gasteiger partial charge in [-0.25, -0.2) is 4.79 Å². The fourth-order valence-corrected chi connectivity index (χ4v) is 2.96. The Balaban J connectivity index is 1.70. The third-order valence-electron chi connectivity index (χ3n) is 4.27. The first-order valence-corrected chi connectivity index (χ1v) is 7.94. The molecular weight excluding hydrogens is 342 g/mol. The molecule has 10 heteroatoms. The van der Waals surface area contributed by atoms with Gasteiger partial charge in [0.1, 0.15) is 11.3 Å². The lowest BCUT2D eigenvalue weighted by molar-refractivity contribution is -0.782. The van der Waals surface area contributed by atoms with E-state index in [2.05, 4.69) is 15.5 Å². The average molecular weight is 355 g/mol. The van der Waals surface area contributed by atoms with Gasteiger partial charge in [0, 0.05) is 42.4 Å². The van der Waals surface area contributed by atoms with Crippen LogP contribution in [0.25, 0.3) is 0 Å². The van der Waals surface area contributed by atoms with Crippen LogP contribution in [0.3, 0.4) is 0 Å². The second kappa shape index (κ2) is 6.15. The number of carbonyl (C=O) groups excluding carboxylic acids is 3. The molecule has 2 aliphatic rings. The van der Waals surface area contributed by atoms with E-state index in [4.69, 9.17) is 4.52 Å². The number of hydrogen-bond acceptors (Lipinski definition) is 7. The fourth-order valence-electron chi connectivity index (χ4n) is 2.96. The Hall–Kier alpha value is -3.40. The van der Waals surface area contributed by atoms with Crippen molar-refractivity contribution in [2.45, 2.75) is 0 Å². The summed E-state index contributed by atoms with van der Waals surface area (Å²) in [5.41, 5.74) is 0.0246. The van der Waals surface area contributed by atoms with Crippen molar-refractivity contribution < 1.29 is 23.8 Å². The van der Waals surface area contributed by atoms with Crippen LogP contribution in [0.4, 0.5) is 10.6 Å². The quantitative estimate of drug-likeness (QED) is 0.507. The molecule has 2 aromatic rings. The number of fused-ring (bicyclic) bond motifs is 2. The van der Waals surface area contributed by atoms with Crippen LogP contribution in [0.5, 0.6) is 0 Å². The first kappa shape index (κ1) is 16.1. The maximum atomic E-state index is 12.7. The zero-order valence-corrected chi connectivity index (χ0v) is 13.5. The highest BCUT2D eigenvalue weighted by molar-refractivity contribution is 6.28. The molecule has 1 aliphatic heterocycles. The number of benzene rings is 1. The molecule has 1 aromatic heterocycles. The summed E-state index contributed by atoms with van der Waals surface area (Å²) < 4.78 is 4.86. The first-order valence-electron chi connectivity index (χ1n) is 7.94. The molecule has 2 amide bonds. The molecule has 132 valence electrons. The van der Waals surface area contributed by atoms with E-state index in [-0.39, 0.29) is 21.6 Å². The number of piperazine rings is 1. The molecule has 4 rings (SSSR count). The minimum Gasteiger partial charge on any atom is -0.435 e. The van der Waals surface area contributed by atoms with Gasteiger partial charge in [0.25, 0.3) is 0 Å². The van der Waals surface area contributed by atoms with E-state index in [1.165, 1.54) is 17.0 Å². The summed E-state index contributed by atoms with van der Waals surface area (Å²) in [5.74, 6) is -2.06. The van der Waals surface area contributed by atoms with Gasteiger partial charge in [0.05, 0.1) is 5.11 Å². The van der Waals surface area contributed by atoms with Crippen LogP contribution in [0.1, 0.15) is 32.0 Å². The minimum absolute atomic E-state index is 0.0686. The molecule has 0 atom stereocenters. The Kier molecular flexibility index (Phi) is 3.81. The van der Waals surface area contributed by atoms with Crippen LogP contribution < -0.4 is 10.2 Å². The molecule has 0 bridgehead atoms. The number of nitrogens with zero attached hydrogens (tertiary/aromatic N) is 4. The van der Waals surface area contributed by atoms with Crippen LogP contribution in [-0.2, 0) is 0 Å². The predicted molar refractivity (Wildman–Crippen MR) is 85.3 cm³/mol. The lowest BCUT2D eigenvalue weighted by atomic mass is 9.88. The Labute approximate surface area is 146 Å². The second-order valence-corrected chi connectivity index (χ2v) is 5.80. The van der Waals surface area contributed by atoms with Crippen LogP contribution in [0.2, 0.25) is 0 Å². The predicted octanol–water partition coefficient (Wildman–Crippen LogP) is 0.797. The summed E-state index contributed by atoms with van der Waals surface area (Å²) >= 11 is 0. The molecule has 1 N–H and O–H groups in total. The van der Waals surface area contributed by atoms with Gasteiger partial charge in [-0.15, -0.1) is 0 Å². The van der Waals surface area contributed by atoms with Crippen molar-refractivity contribution in [1.82, 2.24) is 10.2 Å². The zero-order valence-electron chi connectivity index (χ0n) is 13.5. The van der Waals surface area contributed by atoms with Gasteiger partial charge in [-0.3, -0.25) is 9.59 Å². The summed E-state index contributed by atoms with van der Waals surface area (Å²) in [4.78, 5) is 38.6. The van der Waals surface area contributed by atoms with Crippen LogP contribution >= 0.6 is 0 Å². The summed E-state index contributed by atoms with van der Waals surface area (Å²) in [7, 11) is 0. The number of hydrogen-bond donors (Lipinski definition) is 1. The van der Waals surface area contributed by atoms with Crippen molar-refractivity contribution in [3.05, 3.63) is 51.9 Å². The Morgan fingerprint density at radius 3 is 2.50 bits per heavy atom. The normalized spacial score (nSPS) is 16.7. The van der Waals surface area contributed by atoms with Gasteiger partial charge in [-0.1, -0.05) is 24.3 Å². The summed E-state index contributed by atoms with van der Waals surface area (Å²) in [6, 6.07) is 5.54. The molecule has 10 nitrogen and oxygen atoms in total. The molecule has 1 fully saturated rings. The third-order valence-corrected chi connectivity index (χ3v) is 4.27. The highest BCUT2D eigenvalue weighted by Gasteiger charge is 2.38. The van der Waals surface area contributed by atoms with Gasteiger partial charge in [-0.05, 0) is 4.90 Å². The lowest BCUT2D eigenvalue weighted by Crippen LogP contribution is -2.45. The van der Waals surface area contributed by atoms with Crippen molar-refractivity contribution in [3.63, 3.8) is 0 Å². The van der Waals surface area contributed by atoms with Crippen molar-refractivity contribution in [3.8, 4) is 0 Å². The number of urea groups is 1. The number of ketones is 2. The number of amides is 2. The minimum atomic E-state index is -0.628. The SMILES string of the molecule is O=C1c2ccccc2C(=O)c2c1o[n+]([O-])c2N=NC(=O)N1CCNCC1. The smallest absolute Gasteiger partial charge is 0.402 e. The van der Waals surface area contributed by atoms with Gasteiger partial charge in [0.15, 0.2) is 0 Å². The molecule has 0 spiro atoms. The van der Waals surface area contributed by atoms with E-state index >= 15 is 0 Å². The van der Waals surface area contributed by atoms with Gasteiger partial charge in [0.2, 0.25) is 11.6 Å². The molecular formula is C16H13N5O5. The Bertz CT molecular complexity index is 958. The fraction of sp³-hybridized carbons (Fsp3) is 0.250.